The predicted octanol–water partition coefficient (Wildman–Crippen LogP) is 1.24. The molecule has 1 unspecified atom stereocenters. The zero-order valence-corrected chi connectivity index (χ0v) is 12.4. The molecule has 1 saturated heterocycles. The van der Waals surface area contributed by atoms with Crippen LogP contribution in [-0.2, 0) is 9.53 Å². The van der Waals surface area contributed by atoms with E-state index in [4.69, 9.17) is 9.26 Å². The maximum atomic E-state index is 11.9. The van der Waals surface area contributed by atoms with E-state index in [-0.39, 0.29) is 24.7 Å². The number of carbonyl (C=O) groups excluding carboxylic acids is 1. The third kappa shape index (κ3) is 3.80. The fourth-order valence-electron chi connectivity index (χ4n) is 2.62. The fraction of sp³-hybridized carbons (Fsp3) is 0.714. The Morgan fingerprint density at radius 1 is 1.50 bits per heavy atom. The molecule has 0 aliphatic carbocycles. The molecule has 1 atom stereocenters. The van der Waals surface area contributed by atoms with Crippen LogP contribution in [0.4, 0.5) is 0 Å². The lowest BCUT2D eigenvalue weighted by Crippen LogP contribution is -2.36. The number of aromatic nitrogens is 1. The van der Waals surface area contributed by atoms with Gasteiger partial charge in [-0.1, -0.05) is 5.16 Å². The smallest absolute Gasteiger partial charge is 0.246 e. The molecular formula is C14H23N3O3. The van der Waals surface area contributed by atoms with Gasteiger partial charge >= 0.3 is 0 Å². The number of hydrogen-bond donors (Lipinski definition) is 2. The summed E-state index contributed by atoms with van der Waals surface area (Å²) in [6, 6.07) is -0.120. The molecule has 20 heavy (non-hydrogen) atoms. The van der Waals surface area contributed by atoms with Gasteiger partial charge < -0.3 is 19.9 Å². The van der Waals surface area contributed by atoms with Gasteiger partial charge in [0.2, 0.25) is 5.91 Å². The Bertz CT molecular complexity index is 433. The summed E-state index contributed by atoms with van der Waals surface area (Å²) in [4.78, 5) is 11.9. The molecule has 1 fully saturated rings. The molecule has 0 aromatic carbocycles. The van der Waals surface area contributed by atoms with E-state index in [2.05, 4.69) is 15.8 Å². The monoisotopic (exact) mass is 281 g/mol. The first-order valence-electron chi connectivity index (χ1n) is 7.12. The van der Waals surface area contributed by atoms with Gasteiger partial charge in [0.15, 0.2) is 0 Å². The number of carbonyl (C=O) groups is 1. The van der Waals surface area contributed by atoms with E-state index >= 15 is 0 Å². The maximum absolute atomic E-state index is 11.9. The van der Waals surface area contributed by atoms with E-state index in [1.807, 2.05) is 20.8 Å². The number of aryl methyl sites for hydroxylation is 2. The fourth-order valence-corrected chi connectivity index (χ4v) is 2.62. The number of rotatable bonds is 5. The molecule has 1 aliphatic rings. The van der Waals surface area contributed by atoms with E-state index in [1.165, 1.54) is 0 Å². The van der Waals surface area contributed by atoms with Crippen LogP contribution in [0, 0.1) is 13.8 Å². The van der Waals surface area contributed by atoms with Crippen molar-refractivity contribution in [3.8, 4) is 0 Å². The third-order valence-corrected chi connectivity index (χ3v) is 3.64. The molecule has 1 aromatic heterocycles. The van der Waals surface area contributed by atoms with Gasteiger partial charge in [-0.3, -0.25) is 4.79 Å². The highest BCUT2D eigenvalue weighted by molar-refractivity contribution is 5.77. The molecule has 112 valence electrons. The molecule has 0 saturated carbocycles. The number of amides is 1. The Hall–Kier alpha value is -1.40. The average molecular weight is 281 g/mol. The summed E-state index contributed by atoms with van der Waals surface area (Å²) in [5, 5.41) is 10.1. The highest BCUT2D eigenvalue weighted by Gasteiger charge is 2.19. The first-order valence-corrected chi connectivity index (χ1v) is 7.12. The number of ether oxygens (including phenoxy) is 1. The number of nitrogens with zero attached hydrogens (tertiary/aromatic N) is 1. The zero-order valence-electron chi connectivity index (χ0n) is 12.4. The zero-order chi connectivity index (χ0) is 14.5. The summed E-state index contributed by atoms with van der Waals surface area (Å²) >= 11 is 0. The Morgan fingerprint density at radius 2 is 2.20 bits per heavy atom. The number of piperidine rings is 1. The molecule has 1 aliphatic heterocycles. The van der Waals surface area contributed by atoms with Crippen molar-refractivity contribution in [2.24, 2.45) is 0 Å². The van der Waals surface area contributed by atoms with Gasteiger partial charge in [0.25, 0.3) is 0 Å². The minimum Gasteiger partial charge on any atom is -0.368 e. The van der Waals surface area contributed by atoms with Gasteiger partial charge in [-0.05, 0) is 46.7 Å². The van der Waals surface area contributed by atoms with Crippen molar-refractivity contribution >= 4 is 5.91 Å². The molecule has 1 amide bonds. The van der Waals surface area contributed by atoms with Crippen molar-refractivity contribution in [2.75, 3.05) is 19.7 Å². The molecule has 1 aromatic rings. The van der Waals surface area contributed by atoms with E-state index in [9.17, 15) is 4.79 Å². The largest absolute Gasteiger partial charge is 0.368 e. The second kappa shape index (κ2) is 6.85. The van der Waals surface area contributed by atoms with Gasteiger partial charge in [-0.15, -0.1) is 0 Å². The van der Waals surface area contributed by atoms with Crippen molar-refractivity contribution in [3.63, 3.8) is 0 Å². The standard InChI is InChI=1S/C14H23N3O3/c1-9(14-10(2)17-20-11(14)3)16-13(18)8-19-12-4-6-15-7-5-12/h9,12,15H,4-8H2,1-3H3,(H,16,18). The van der Waals surface area contributed by atoms with Crippen molar-refractivity contribution in [1.29, 1.82) is 0 Å². The molecule has 0 spiro atoms. The van der Waals surface area contributed by atoms with Gasteiger partial charge in [0, 0.05) is 5.56 Å². The maximum Gasteiger partial charge on any atom is 0.246 e. The molecular weight excluding hydrogens is 258 g/mol. The second-order valence-corrected chi connectivity index (χ2v) is 5.29. The Kier molecular flexibility index (Phi) is 5.14. The molecule has 0 bridgehead atoms. The van der Waals surface area contributed by atoms with Crippen LogP contribution in [-0.4, -0.2) is 36.9 Å². The lowest BCUT2D eigenvalue weighted by atomic mass is 10.1. The first-order chi connectivity index (χ1) is 9.58. The van der Waals surface area contributed by atoms with Crippen molar-refractivity contribution in [2.45, 2.75) is 45.8 Å². The molecule has 6 nitrogen and oxygen atoms in total. The normalized spacial score (nSPS) is 17.9. The minimum atomic E-state index is -0.120. The summed E-state index contributed by atoms with van der Waals surface area (Å²) in [5.74, 6) is 0.644. The van der Waals surface area contributed by atoms with E-state index in [0.717, 1.165) is 42.9 Å². The summed E-state index contributed by atoms with van der Waals surface area (Å²) in [7, 11) is 0. The first kappa shape index (κ1) is 15.0. The van der Waals surface area contributed by atoms with E-state index < -0.39 is 0 Å². The second-order valence-electron chi connectivity index (χ2n) is 5.29. The quantitative estimate of drug-likeness (QED) is 0.849. The van der Waals surface area contributed by atoms with Crippen LogP contribution < -0.4 is 10.6 Å². The van der Waals surface area contributed by atoms with Crippen LogP contribution in [0.25, 0.3) is 0 Å². The van der Waals surface area contributed by atoms with Gasteiger partial charge in [-0.25, -0.2) is 0 Å². The number of nitrogens with one attached hydrogen (secondary N) is 2. The molecule has 2 N–H and O–H groups in total. The number of hydrogen-bond acceptors (Lipinski definition) is 5. The van der Waals surface area contributed by atoms with E-state index in [0.29, 0.717) is 0 Å². The lowest BCUT2D eigenvalue weighted by molar-refractivity contribution is -0.128. The predicted molar refractivity (Wildman–Crippen MR) is 74.4 cm³/mol. The Balaban J connectivity index is 1.79. The summed E-state index contributed by atoms with van der Waals surface area (Å²) in [6.45, 7) is 7.68. The SMILES string of the molecule is Cc1noc(C)c1C(C)NC(=O)COC1CCNCC1. The van der Waals surface area contributed by atoms with Crippen LogP contribution in [0.5, 0.6) is 0 Å². The third-order valence-electron chi connectivity index (χ3n) is 3.64. The minimum absolute atomic E-state index is 0.101. The Morgan fingerprint density at radius 3 is 2.80 bits per heavy atom. The molecule has 2 heterocycles. The van der Waals surface area contributed by atoms with Crippen LogP contribution in [0.1, 0.15) is 42.8 Å². The van der Waals surface area contributed by atoms with Crippen LogP contribution in [0.2, 0.25) is 0 Å². The highest BCUT2D eigenvalue weighted by Crippen LogP contribution is 2.20. The topological polar surface area (TPSA) is 76.4 Å². The molecule has 6 heteroatoms. The van der Waals surface area contributed by atoms with Crippen molar-refractivity contribution in [1.82, 2.24) is 15.8 Å². The van der Waals surface area contributed by atoms with Gasteiger partial charge in [0.05, 0.1) is 17.8 Å². The van der Waals surface area contributed by atoms with Crippen molar-refractivity contribution in [3.05, 3.63) is 17.0 Å². The van der Waals surface area contributed by atoms with Gasteiger partial charge in [-0.2, -0.15) is 0 Å². The highest BCUT2D eigenvalue weighted by atomic mass is 16.5. The van der Waals surface area contributed by atoms with Crippen molar-refractivity contribution < 1.29 is 14.1 Å². The molecule has 2 rings (SSSR count). The van der Waals surface area contributed by atoms with E-state index in [1.54, 1.807) is 0 Å². The average Bonchev–Trinajstić information content (AvgIpc) is 2.77. The summed E-state index contributed by atoms with van der Waals surface area (Å²) < 4.78 is 10.7. The van der Waals surface area contributed by atoms with Crippen LogP contribution >= 0.6 is 0 Å². The Labute approximate surface area is 119 Å². The summed E-state index contributed by atoms with van der Waals surface area (Å²) in [5.41, 5.74) is 1.76. The van der Waals surface area contributed by atoms with Crippen LogP contribution in [0.3, 0.4) is 0 Å². The molecule has 0 radical (unpaired) electrons. The summed E-state index contributed by atoms with van der Waals surface area (Å²) in [6.07, 6.45) is 2.12. The van der Waals surface area contributed by atoms with Gasteiger partial charge in [0.1, 0.15) is 12.4 Å². The van der Waals surface area contributed by atoms with Crippen LogP contribution in [0.15, 0.2) is 4.52 Å². The lowest BCUT2D eigenvalue weighted by Gasteiger charge is -2.23.